The molecule has 22 heavy (non-hydrogen) atoms. The van der Waals surface area contributed by atoms with Crippen LogP contribution >= 0.6 is 0 Å². The summed E-state index contributed by atoms with van der Waals surface area (Å²) in [5.41, 5.74) is 0. The summed E-state index contributed by atoms with van der Waals surface area (Å²) in [5, 5.41) is 3.31. The van der Waals surface area contributed by atoms with Gasteiger partial charge in [-0.05, 0) is 12.7 Å². The predicted octanol–water partition coefficient (Wildman–Crippen LogP) is 2.44. The van der Waals surface area contributed by atoms with Crippen LogP contribution in [0.4, 0.5) is 0 Å². The van der Waals surface area contributed by atoms with Crippen LogP contribution in [0.3, 0.4) is 0 Å². The maximum atomic E-state index is 10.9. The number of likely N-dealkylation sites (N-methyl/N-ethyl adjacent to an activating group) is 1. The van der Waals surface area contributed by atoms with Gasteiger partial charge in [-0.2, -0.15) is 0 Å². The highest BCUT2D eigenvalue weighted by molar-refractivity contribution is 5.78. The van der Waals surface area contributed by atoms with Crippen LogP contribution in [0.5, 0.6) is 0 Å². The number of hydrogen-bond acceptors (Lipinski definition) is 4. The van der Waals surface area contributed by atoms with Gasteiger partial charge in [0.2, 0.25) is 5.91 Å². The molecule has 0 aromatic rings. The molecule has 1 amide bonds. The molecule has 5 heteroatoms. The van der Waals surface area contributed by atoms with Gasteiger partial charge in [0, 0.05) is 40.6 Å². The molecule has 0 bridgehead atoms. The smallest absolute Gasteiger partial charge is 0.228 e. The summed E-state index contributed by atoms with van der Waals surface area (Å²) in [7, 11) is 1.70. The highest BCUT2D eigenvalue weighted by atomic mass is 16.5. The molecule has 1 aliphatic rings. The van der Waals surface area contributed by atoms with Crippen molar-refractivity contribution in [3.05, 3.63) is 12.8 Å². The Labute approximate surface area is 139 Å². The monoisotopic (exact) mass is 317 g/mol. The fraction of sp³-hybridized carbons (Fsp3) is 0.824. The highest BCUT2D eigenvalue weighted by Gasteiger charge is 2.09. The summed E-state index contributed by atoms with van der Waals surface area (Å²) in [5.74, 6) is 0.165. The lowest BCUT2D eigenvalue weighted by Gasteiger charge is -2.26. The van der Waals surface area contributed by atoms with Crippen LogP contribution in [0, 0.1) is 5.92 Å². The summed E-state index contributed by atoms with van der Waals surface area (Å²) in [4.78, 5) is 14.9. The van der Waals surface area contributed by atoms with Crippen molar-refractivity contribution in [2.24, 2.45) is 5.92 Å². The predicted molar refractivity (Wildman–Crippen MR) is 97.1 cm³/mol. The van der Waals surface area contributed by atoms with E-state index in [1.54, 1.807) is 7.05 Å². The molecule has 0 saturated carbocycles. The van der Waals surface area contributed by atoms with Gasteiger partial charge >= 0.3 is 0 Å². The van der Waals surface area contributed by atoms with Crippen molar-refractivity contribution in [2.75, 3.05) is 53.0 Å². The van der Waals surface area contributed by atoms with Gasteiger partial charge in [0.05, 0.1) is 13.2 Å². The van der Waals surface area contributed by atoms with E-state index in [9.17, 15) is 4.79 Å². The zero-order valence-electron chi connectivity index (χ0n) is 15.5. The molecule has 0 aromatic heterocycles. The molecule has 5 nitrogen and oxygen atoms in total. The van der Waals surface area contributed by atoms with E-state index in [1.807, 2.05) is 27.7 Å². The first-order valence-corrected chi connectivity index (χ1v) is 8.43. The van der Waals surface area contributed by atoms with Crippen LogP contribution < -0.4 is 5.32 Å². The van der Waals surface area contributed by atoms with E-state index in [-0.39, 0.29) is 13.3 Å². The minimum absolute atomic E-state index is 0. The average molecular weight is 318 g/mol. The third-order valence-corrected chi connectivity index (χ3v) is 3.07. The first kappa shape index (κ1) is 23.4. The minimum atomic E-state index is 0. The van der Waals surface area contributed by atoms with E-state index in [2.05, 4.69) is 23.7 Å². The molecule has 1 heterocycles. The number of amides is 1. The molecule has 1 aliphatic heterocycles. The quantitative estimate of drug-likeness (QED) is 0.764. The lowest BCUT2D eigenvalue weighted by atomic mass is 10.2. The Bertz CT molecular complexity index is 271. The number of nitrogens with one attached hydrogen (secondary N) is 1. The maximum absolute atomic E-state index is 10.9. The Morgan fingerprint density at radius 1 is 1.41 bits per heavy atom. The molecule has 1 N–H and O–H groups in total. The lowest BCUT2D eigenvalue weighted by molar-refractivity contribution is -0.130. The summed E-state index contributed by atoms with van der Waals surface area (Å²) in [6.07, 6.45) is 1.52. The second kappa shape index (κ2) is 16.5. The Balaban J connectivity index is -0.000000307. The van der Waals surface area contributed by atoms with Gasteiger partial charge in [-0.25, -0.2) is 0 Å². The molecular formula is C17H39N3O2. The van der Waals surface area contributed by atoms with Gasteiger partial charge in [-0.1, -0.05) is 41.2 Å². The average Bonchev–Trinajstić information content (AvgIpc) is 2.57. The second-order valence-corrected chi connectivity index (χ2v) is 5.09. The highest BCUT2D eigenvalue weighted by Crippen LogP contribution is 1.97. The number of hydrogen-bond donors (Lipinski definition) is 1. The maximum Gasteiger partial charge on any atom is 0.228 e. The topological polar surface area (TPSA) is 44.8 Å². The molecule has 0 aromatic carbocycles. The largest absolute Gasteiger partial charge is 0.379 e. The standard InChI is InChI=1S/C8H18N2O.C7H13NO.C2H6.H2/c1-2-9-3-4-10-5-7-11-8-6-10;1-5-8(4)7(9)6(2)3;1-2;/h9H,2-8H2,1H3;5-6H,1H2,2-4H3;1-2H3;1H. The summed E-state index contributed by atoms with van der Waals surface area (Å²) in [6.45, 7) is 20.7. The van der Waals surface area contributed by atoms with Gasteiger partial charge in [-0.3, -0.25) is 9.69 Å². The van der Waals surface area contributed by atoms with E-state index in [0.29, 0.717) is 0 Å². The Morgan fingerprint density at radius 3 is 2.32 bits per heavy atom. The SMILES string of the molecule is C=CN(C)C(=O)C(C)C.CC.CCNCCN1CCOCC1.[HH]. The third-order valence-electron chi connectivity index (χ3n) is 3.07. The minimum Gasteiger partial charge on any atom is -0.379 e. The van der Waals surface area contributed by atoms with Gasteiger partial charge < -0.3 is 15.0 Å². The van der Waals surface area contributed by atoms with Gasteiger partial charge in [-0.15, -0.1) is 0 Å². The van der Waals surface area contributed by atoms with E-state index in [1.165, 1.54) is 11.1 Å². The Morgan fingerprint density at radius 2 is 1.95 bits per heavy atom. The van der Waals surface area contributed by atoms with E-state index < -0.39 is 0 Å². The fourth-order valence-corrected chi connectivity index (χ4v) is 1.74. The first-order valence-electron chi connectivity index (χ1n) is 8.43. The van der Waals surface area contributed by atoms with Crippen molar-refractivity contribution < 1.29 is 11.0 Å². The number of carbonyl (C=O) groups excluding carboxylic acids is 1. The van der Waals surface area contributed by atoms with E-state index in [0.717, 1.165) is 45.9 Å². The number of nitrogens with zero attached hydrogens (tertiary/aromatic N) is 2. The number of rotatable bonds is 6. The molecule has 1 rings (SSSR count). The van der Waals surface area contributed by atoms with Gasteiger partial charge in [0.25, 0.3) is 0 Å². The zero-order valence-corrected chi connectivity index (χ0v) is 15.5. The summed E-state index contributed by atoms with van der Waals surface area (Å²) >= 11 is 0. The number of ether oxygens (including phenoxy) is 1. The molecule has 1 fully saturated rings. The normalized spacial score (nSPS) is 14.3. The van der Waals surface area contributed by atoms with Crippen LogP contribution in [-0.2, 0) is 9.53 Å². The lowest BCUT2D eigenvalue weighted by Crippen LogP contribution is -2.40. The first-order chi connectivity index (χ1) is 10.5. The van der Waals surface area contributed by atoms with Crippen molar-refractivity contribution in [3.8, 4) is 0 Å². The van der Waals surface area contributed by atoms with Crippen molar-refractivity contribution in [1.29, 1.82) is 0 Å². The van der Waals surface area contributed by atoms with Crippen molar-refractivity contribution in [1.82, 2.24) is 15.1 Å². The van der Waals surface area contributed by atoms with Crippen LogP contribution in [-0.4, -0.2) is 68.7 Å². The molecular weight excluding hydrogens is 278 g/mol. The number of carbonyl (C=O) groups is 1. The van der Waals surface area contributed by atoms with Crippen molar-refractivity contribution in [3.63, 3.8) is 0 Å². The second-order valence-electron chi connectivity index (χ2n) is 5.09. The Hall–Kier alpha value is -0.910. The number of morpholine rings is 1. The van der Waals surface area contributed by atoms with E-state index in [4.69, 9.17) is 4.74 Å². The summed E-state index contributed by atoms with van der Waals surface area (Å²) in [6, 6.07) is 0. The third kappa shape index (κ3) is 12.8. The van der Waals surface area contributed by atoms with Crippen LogP contribution in [0.15, 0.2) is 12.8 Å². The molecule has 0 spiro atoms. The molecule has 0 radical (unpaired) electrons. The van der Waals surface area contributed by atoms with Crippen LogP contribution in [0.2, 0.25) is 0 Å². The molecule has 0 unspecified atom stereocenters. The van der Waals surface area contributed by atoms with Gasteiger partial charge in [0.1, 0.15) is 0 Å². The van der Waals surface area contributed by atoms with Crippen molar-refractivity contribution in [2.45, 2.75) is 34.6 Å². The zero-order chi connectivity index (χ0) is 17.4. The van der Waals surface area contributed by atoms with Crippen molar-refractivity contribution >= 4 is 5.91 Å². The van der Waals surface area contributed by atoms with Gasteiger partial charge in [0.15, 0.2) is 0 Å². The summed E-state index contributed by atoms with van der Waals surface area (Å²) < 4.78 is 5.24. The van der Waals surface area contributed by atoms with E-state index >= 15 is 0 Å². The molecule has 0 atom stereocenters. The molecule has 1 saturated heterocycles. The fourth-order valence-electron chi connectivity index (χ4n) is 1.74. The molecule has 0 aliphatic carbocycles. The van der Waals surface area contributed by atoms with Crippen LogP contribution in [0.25, 0.3) is 0 Å². The molecule has 134 valence electrons. The Kier molecular flexibility index (Phi) is 17.5. The van der Waals surface area contributed by atoms with Crippen LogP contribution in [0.1, 0.15) is 36.0 Å².